The molecule has 5 heteroatoms. The molecule has 0 amide bonds. The van der Waals surface area contributed by atoms with Crippen molar-refractivity contribution in [3.63, 3.8) is 0 Å². The van der Waals surface area contributed by atoms with Crippen molar-refractivity contribution in [3.8, 4) is 0 Å². The molecule has 1 N–H and O–H groups in total. The molecule has 0 saturated carbocycles. The lowest BCUT2D eigenvalue weighted by molar-refractivity contribution is 0.0696. The largest absolute Gasteiger partial charge is 0.478 e. The topological polar surface area (TPSA) is 55.1 Å². The van der Waals surface area contributed by atoms with E-state index < -0.39 is 5.97 Å². The smallest absolute Gasteiger partial charge is 0.339 e. The van der Waals surface area contributed by atoms with Crippen LogP contribution in [0.25, 0.3) is 0 Å². The number of alkyl halides is 1. The summed E-state index contributed by atoms with van der Waals surface area (Å²) in [6, 6.07) is 0. The highest BCUT2D eigenvalue weighted by Crippen LogP contribution is 2.09. The van der Waals surface area contributed by atoms with E-state index in [1.807, 2.05) is 6.92 Å². The summed E-state index contributed by atoms with van der Waals surface area (Å²) in [7, 11) is 0. The molecule has 0 aliphatic rings. The molecule has 0 saturated heterocycles. The number of aromatic nitrogens is 2. The molecule has 0 aliphatic carbocycles. The number of carboxylic acids is 1. The molecule has 0 atom stereocenters. The van der Waals surface area contributed by atoms with Gasteiger partial charge in [0.25, 0.3) is 0 Å². The second-order valence-corrected chi connectivity index (χ2v) is 2.55. The predicted molar refractivity (Wildman–Crippen MR) is 44.4 cm³/mol. The molecule has 1 aromatic rings. The molecule has 66 valence electrons. The Balaban J connectivity index is 3.08. The fourth-order valence-corrected chi connectivity index (χ4v) is 1.10. The summed E-state index contributed by atoms with van der Waals surface area (Å²) in [5.41, 5.74) is 0.609. The zero-order valence-corrected chi connectivity index (χ0v) is 7.38. The quantitative estimate of drug-likeness (QED) is 0.729. The van der Waals surface area contributed by atoms with Crippen LogP contribution in [0.15, 0.2) is 6.20 Å². The van der Waals surface area contributed by atoms with Gasteiger partial charge in [0.05, 0.1) is 11.6 Å². The number of rotatable bonds is 3. The summed E-state index contributed by atoms with van der Waals surface area (Å²) >= 11 is 5.51. The highest BCUT2D eigenvalue weighted by Gasteiger charge is 2.13. The van der Waals surface area contributed by atoms with Crippen molar-refractivity contribution in [2.24, 2.45) is 0 Å². The van der Waals surface area contributed by atoms with Crippen LogP contribution in [-0.2, 0) is 12.4 Å². The van der Waals surface area contributed by atoms with Gasteiger partial charge in [-0.1, -0.05) is 0 Å². The minimum atomic E-state index is -0.981. The third kappa shape index (κ3) is 1.58. The first kappa shape index (κ1) is 9.06. The normalized spacial score (nSPS) is 10.2. The average Bonchev–Trinajstić information content (AvgIpc) is 2.47. The lowest BCUT2D eigenvalue weighted by Crippen LogP contribution is -1.97. The maximum atomic E-state index is 10.6. The van der Waals surface area contributed by atoms with Crippen LogP contribution in [0.1, 0.15) is 23.0 Å². The third-order valence-corrected chi connectivity index (χ3v) is 1.77. The van der Waals surface area contributed by atoms with E-state index in [0.29, 0.717) is 12.2 Å². The van der Waals surface area contributed by atoms with Gasteiger partial charge in [-0.25, -0.2) is 4.79 Å². The molecule has 1 aromatic heterocycles. The maximum absolute atomic E-state index is 10.6. The van der Waals surface area contributed by atoms with Gasteiger partial charge in [-0.2, -0.15) is 5.10 Å². The Bertz CT molecular complexity index is 296. The minimum Gasteiger partial charge on any atom is -0.478 e. The molecule has 1 heterocycles. The van der Waals surface area contributed by atoms with E-state index in [-0.39, 0.29) is 11.4 Å². The molecule has 0 bridgehead atoms. The van der Waals surface area contributed by atoms with Gasteiger partial charge in [0, 0.05) is 12.7 Å². The molecule has 0 unspecified atom stereocenters. The third-order valence-electron chi connectivity index (χ3n) is 1.52. The summed E-state index contributed by atoms with van der Waals surface area (Å²) in [5, 5.41) is 12.7. The van der Waals surface area contributed by atoms with Gasteiger partial charge in [-0.3, -0.25) is 4.68 Å². The Morgan fingerprint density at radius 2 is 2.50 bits per heavy atom. The Hall–Kier alpha value is -1.03. The predicted octanol–water partition coefficient (Wildman–Crippen LogP) is 1.34. The zero-order valence-electron chi connectivity index (χ0n) is 6.62. The molecule has 0 aliphatic heterocycles. The fourth-order valence-electron chi connectivity index (χ4n) is 0.901. The number of hydrogen-bond acceptors (Lipinski definition) is 2. The molecule has 12 heavy (non-hydrogen) atoms. The molecule has 1 rings (SSSR count). The number of aryl methyl sites for hydroxylation is 1. The van der Waals surface area contributed by atoms with Gasteiger partial charge in [0.1, 0.15) is 5.56 Å². The van der Waals surface area contributed by atoms with Gasteiger partial charge in [-0.15, -0.1) is 11.6 Å². The van der Waals surface area contributed by atoms with Crippen LogP contribution in [0.5, 0.6) is 0 Å². The van der Waals surface area contributed by atoms with E-state index in [2.05, 4.69) is 5.10 Å². The molecular formula is C7H9ClN2O2. The summed E-state index contributed by atoms with van der Waals surface area (Å²) in [6.07, 6.45) is 1.49. The monoisotopic (exact) mass is 188 g/mol. The van der Waals surface area contributed by atoms with Gasteiger partial charge in [0.2, 0.25) is 0 Å². The standard InChI is InChI=1S/C7H9ClN2O2/c1-2-10-4-5(7(11)12)6(3-8)9-10/h4H,2-3H2,1H3,(H,11,12). The first-order valence-corrected chi connectivity index (χ1v) is 4.08. The summed E-state index contributed by atoms with van der Waals surface area (Å²) in [6.45, 7) is 2.54. The first-order valence-electron chi connectivity index (χ1n) is 3.54. The van der Waals surface area contributed by atoms with E-state index in [0.717, 1.165) is 0 Å². The number of nitrogens with zero attached hydrogens (tertiary/aromatic N) is 2. The van der Waals surface area contributed by atoms with E-state index in [4.69, 9.17) is 16.7 Å². The van der Waals surface area contributed by atoms with Crippen LogP contribution in [0, 0.1) is 0 Å². The molecule has 0 radical (unpaired) electrons. The SMILES string of the molecule is CCn1cc(C(=O)O)c(CCl)n1. The van der Waals surface area contributed by atoms with Gasteiger partial charge in [0.15, 0.2) is 0 Å². The van der Waals surface area contributed by atoms with E-state index in [1.54, 1.807) is 4.68 Å². The van der Waals surface area contributed by atoms with Crippen molar-refractivity contribution < 1.29 is 9.90 Å². The van der Waals surface area contributed by atoms with Crippen molar-refractivity contribution >= 4 is 17.6 Å². The van der Waals surface area contributed by atoms with E-state index in [1.165, 1.54) is 6.20 Å². The Kier molecular flexibility index (Phi) is 2.70. The summed E-state index contributed by atoms with van der Waals surface area (Å²) in [4.78, 5) is 10.6. The van der Waals surface area contributed by atoms with Crippen LogP contribution < -0.4 is 0 Å². The van der Waals surface area contributed by atoms with Crippen LogP contribution in [-0.4, -0.2) is 20.9 Å². The van der Waals surface area contributed by atoms with Crippen LogP contribution in [0.2, 0.25) is 0 Å². The number of aromatic carboxylic acids is 1. The highest BCUT2D eigenvalue weighted by molar-refractivity contribution is 6.17. The number of carbonyl (C=O) groups is 1. The Morgan fingerprint density at radius 3 is 2.83 bits per heavy atom. The molecule has 0 aromatic carbocycles. The van der Waals surface area contributed by atoms with Gasteiger partial charge in [-0.05, 0) is 6.92 Å². The summed E-state index contributed by atoms with van der Waals surface area (Å²) < 4.78 is 1.56. The van der Waals surface area contributed by atoms with E-state index in [9.17, 15) is 4.79 Å². The lowest BCUT2D eigenvalue weighted by Gasteiger charge is -1.89. The number of carboxylic acid groups (broad SMARTS) is 1. The molecule has 0 spiro atoms. The van der Waals surface area contributed by atoms with Crippen molar-refractivity contribution in [2.75, 3.05) is 0 Å². The van der Waals surface area contributed by atoms with Crippen molar-refractivity contribution in [1.29, 1.82) is 0 Å². The fraction of sp³-hybridized carbons (Fsp3) is 0.429. The maximum Gasteiger partial charge on any atom is 0.339 e. The lowest BCUT2D eigenvalue weighted by atomic mass is 10.3. The zero-order chi connectivity index (χ0) is 9.14. The van der Waals surface area contributed by atoms with Crippen LogP contribution in [0.3, 0.4) is 0 Å². The Morgan fingerprint density at radius 1 is 1.83 bits per heavy atom. The Labute approximate surface area is 74.8 Å². The minimum absolute atomic E-state index is 0.134. The van der Waals surface area contributed by atoms with Crippen LogP contribution >= 0.6 is 11.6 Å². The average molecular weight is 189 g/mol. The highest BCUT2D eigenvalue weighted by atomic mass is 35.5. The second kappa shape index (κ2) is 3.58. The van der Waals surface area contributed by atoms with Crippen molar-refractivity contribution in [1.82, 2.24) is 9.78 Å². The van der Waals surface area contributed by atoms with E-state index >= 15 is 0 Å². The number of hydrogen-bond donors (Lipinski definition) is 1. The van der Waals surface area contributed by atoms with Gasteiger partial charge >= 0.3 is 5.97 Å². The number of halogens is 1. The van der Waals surface area contributed by atoms with Crippen LogP contribution in [0.4, 0.5) is 0 Å². The first-order chi connectivity index (χ1) is 5.69. The second-order valence-electron chi connectivity index (χ2n) is 2.28. The molecule has 4 nitrogen and oxygen atoms in total. The van der Waals surface area contributed by atoms with Gasteiger partial charge < -0.3 is 5.11 Å². The molecular weight excluding hydrogens is 180 g/mol. The van der Waals surface area contributed by atoms with Crippen molar-refractivity contribution in [2.45, 2.75) is 19.3 Å². The molecule has 0 fully saturated rings. The van der Waals surface area contributed by atoms with Crippen molar-refractivity contribution in [3.05, 3.63) is 17.5 Å². The summed E-state index contributed by atoms with van der Waals surface area (Å²) in [5.74, 6) is -0.848.